The molecule has 0 saturated carbocycles. The maximum Gasteiger partial charge on any atom is 0.252 e. The number of guanidine groups is 1. The van der Waals surface area contributed by atoms with Gasteiger partial charge in [-0.2, -0.15) is 4.31 Å². The van der Waals surface area contributed by atoms with Crippen molar-refractivity contribution in [2.75, 3.05) is 45.9 Å². The number of hydrogen-bond acceptors (Lipinski definition) is 5. The SMILES string of the molecule is CCN(CC)S(=O)(=O)c1ccc(CCN=C(N)N2CCOCC2)s1. The van der Waals surface area contributed by atoms with E-state index in [4.69, 9.17) is 10.5 Å². The summed E-state index contributed by atoms with van der Waals surface area (Å²) < 4.78 is 32.1. The lowest BCUT2D eigenvalue weighted by Gasteiger charge is -2.27. The van der Waals surface area contributed by atoms with Crippen LogP contribution in [0.2, 0.25) is 0 Å². The van der Waals surface area contributed by atoms with Crippen molar-refractivity contribution >= 4 is 27.3 Å². The molecule has 0 unspecified atom stereocenters. The minimum Gasteiger partial charge on any atom is -0.378 e. The molecule has 2 heterocycles. The maximum atomic E-state index is 12.5. The molecule has 0 aliphatic carbocycles. The van der Waals surface area contributed by atoms with Crippen LogP contribution in [0.25, 0.3) is 0 Å². The number of nitrogens with zero attached hydrogens (tertiary/aromatic N) is 3. The Hall–Kier alpha value is -1.16. The lowest BCUT2D eigenvalue weighted by atomic mass is 10.3. The Balaban J connectivity index is 1.94. The molecule has 0 radical (unpaired) electrons. The summed E-state index contributed by atoms with van der Waals surface area (Å²) in [7, 11) is -3.37. The van der Waals surface area contributed by atoms with E-state index in [1.165, 1.54) is 15.6 Å². The van der Waals surface area contributed by atoms with E-state index in [0.717, 1.165) is 18.0 Å². The Morgan fingerprint density at radius 1 is 1.33 bits per heavy atom. The van der Waals surface area contributed by atoms with Gasteiger partial charge in [0.25, 0.3) is 10.0 Å². The van der Waals surface area contributed by atoms with Crippen LogP contribution in [0.1, 0.15) is 18.7 Å². The highest BCUT2D eigenvalue weighted by atomic mass is 32.2. The van der Waals surface area contributed by atoms with Gasteiger partial charge in [-0.1, -0.05) is 13.8 Å². The van der Waals surface area contributed by atoms with E-state index in [1.807, 2.05) is 24.8 Å². The van der Waals surface area contributed by atoms with Gasteiger partial charge in [-0.3, -0.25) is 4.99 Å². The van der Waals surface area contributed by atoms with Gasteiger partial charge < -0.3 is 15.4 Å². The second-order valence-electron chi connectivity index (χ2n) is 5.40. The standard InChI is InChI=1S/C15H26N4O3S2/c1-3-19(4-2)24(20,21)14-6-5-13(23-14)7-8-17-15(16)18-9-11-22-12-10-18/h5-6H,3-4,7-12H2,1-2H3,(H2,16,17). The maximum absolute atomic E-state index is 12.5. The van der Waals surface area contributed by atoms with E-state index in [1.54, 1.807) is 6.07 Å². The van der Waals surface area contributed by atoms with Gasteiger partial charge in [0.2, 0.25) is 0 Å². The number of sulfonamides is 1. The Kier molecular flexibility index (Phi) is 7.02. The zero-order chi connectivity index (χ0) is 17.6. The van der Waals surface area contributed by atoms with Crippen molar-refractivity contribution in [2.24, 2.45) is 10.7 Å². The van der Waals surface area contributed by atoms with Crippen molar-refractivity contribution < 1.29 is 13.2 Å². The topological polar surface area (TPSA) is 88.2 Å². The van der Waals surface area contributed by atoms with Gasteiger partial charge >= 0.3 is 0 Å². The van der Waals surface area contributed by atoms with Crippen LogP contribution >= 0.6 is 11.3 Å². The molecule has 2 rings (SSSR count). The number of rotatable bonds is 7. The van der Waals surface area contributed by atoms with E-state index in [2.05, 4.69) is 4.99 Å². The van der Waals surface area contributed by atoms with Crippen molar-refractivity contribution in [3.8, 4) is 0 Å². The molecule has 9 heteroatoms. The summed E-state index contributed by atoms with van der Waals surface area (Å²) in [5.74, 6) is 0.533. The molecule has 0 amide bonds. The minimum atomic E-state index is -3.37. The number of hydrogen-bond donors (Lipinski definition) is 1. The fourth-order valence-electron chi connectivity index (χ4n) is 2.50. The number of thiophene rings is 1. The largest absolute Gasteiger partial charge is 0.378 e. The first-order valence-electron chi connectivity index (χ1n) is 8.20. The van der Waals surface area contributed by atoms with Gasteiger partial charge in [0, 0.05) is 44.0 Å². The van der Waals surface area contributed by atoms with Crippen LogP contribution in [0, 0.1) is 0 Å². The second-order valence-corrected chi connectivity index (χ2v) is 8.73. The molecule has 1 aromatic rings. The summed E-state index contributed by atoms with van der Waals surface area (Å²) in [6.07, 6.45) is 0.684. The molecule has 7 nitrogen and oxygen atoms in total. The summed E-state index contributed by atoms with van der Waals surface area (Å²) >= 11 is 1.31. The van der Waals surface area contributed by atoms with Gasteiger partial charge in [-0.15, -0.1) is 11.3 Å². The Labute approximate surface area is 148 Å². The van der Waals surface area contributed by atoms with Gasteiger partial charge in [-0.25, -0.2) is 8.42 Å². The van der Waals surface area contributed by atoms with Crippen molar-refractivity contribution in [2.45, 2.75) is 24.5 Å². The van der Waals surface area contributed by atoms with Crippen LogP contribution in [0.15, 0.2) is 21.3 Å². The molecule has 1 fully saturated rings. The van der Waals surface area contributed by atoms with Crippen molar-refractivity contribution in [3.05, 3.63) is 17.0 Å². The third kappa shape index (κ3) is 4.69. The van der Waals surface area contributed by atoms with E-state index in [-0.39, 0.29) is 0 Å². The highest BCUT2D eigenvalue weighted by Crippen LogP contribution is 2.25. The molecule has 0 aromatic carbocycles. The summed E-state index contributed by atoms with van der Waals surface area (Å²) in [6, 6.07) is 3.55. The first kappa shape index (κ1) is 19.2. The van der Waals surface area contributed by atoms with Gasteiger partial charge in [0.05, 0.1) is 13.2 Å². The first-order valence-corrected chi connectivity index (χ1v) is 10.5. The quantitative estimate of drug-likeness (QED) is 0.567. The molecule has 2 N–H and O–H groups in total. The first-order chi connectivity index (χ1) is 11.5. The number of aliphatic imine (C=N–C) groups is 1. The summed E-state index contributed by atoms with van der Waals surface area (Å²) in [4.78, 5) is 7.40. The number of morpholine rings is 1. The molecule has 1 aliphatic rings. The molecule has 24 heavy (non-hydrogen) atoms. The zero-order valence-electron chi connectivity index (χ0n) is 14.3. The highest BCUT2D eigenvalue weighted by Gasteiger charge is 2.23. The molecule has 0 spiro atoms. The number of nitrogens with two attached hydrogens (primary N) is 1. The second kappa shape index (κ2) is 8.80. The van der Waals surface area contributed by atoms with Crippen molar-refractivity contribution in [1.82, 2.24) is 9.21 Å². The number of ether oxygens (including phenoxy) is 1. The molecule has 0 bridgehead atoms. The van der Waals surface area contributed by atoms with Crippen molar-refractivity contribution in [1.29, 1.82) is 0 Å². The average Bonchev–Trinajstić information content (AvgIpc) is 3.06. The molecule has 1 aliphatic heterocycles. The normalized spacial score (nSPS) is 16.8. The Morgan fingerprint density at radius 3 is 2.62 bits per heavy atom. The third-order valence-electron chi connectivity index (χ3n) is 3.90. The van der Waals surface area contributed by atoms with Crippen LogP contribution in [-0.4, -0.2) is 69.5 Å². The average molecular weight is 375 g/mol. The lowest BCUT2D eigenvalue weighted by molar-refractivity contribution is 0.0674. The van der Waals surface area contributed by atoms with Gasteiger partial charge in [0.1, 0.15) is 4.21 Å². The third-order valence-corrected chi connectivity index (χ3v) is 7.57. The van der Waals surface area contributed by atoms with Crippen LogP contribution in [0.5, 0.6) is 0 Å². The van der Waals surface area contributed by atoms with Crippen LogP contribution < -0.4 is 5.73 Å². The van der Waals surface area contributed by atoms with Crippen molar-refractivity contribution in [3.63, 3.8) is 0 Å². The lowest BCUT2D eigenvalue weighted by Crippen LogP contribution is -2.44. The minimum absolute atomic E-state index is 0.395. The van der Waals surface area contributed by atoms with E-state index >= 15 is 0 Å². The molecular formula is C15H26N4O3S2. The highest BCUT2D eigenvalue weighted by molar-refractivity contribution is 7.91. The molecule has 1 aromatic heterocycles. The predicted molar refractivity (Wildman–Crippen MR) is 97.0 cm³/mol. The van der Waals surface area contributed by atoms with E-state index in [9.17, 15) is 8.42 Å². The predicted octanol–water partition coefficient (Wildman–Crippen LogP) is 0.968. The molecule has 0 atom stereocenters. The van der Waals surface area contributed by atoms with E-state index < -0.39 is 10.0 Å². The van der Waals surface area contributed by atoms with E-state index in [0.29, 0.717) is 49.4 Å². The van der Waals surface area contributed by atoms with Crippen LogP contribution in [0.4, 0.5) is 0 Å². The Bertz CT molecular complexity index is 647. The van der Waals surface area contributed by atoms with Gasteiger partial charge in [-0.05, 0) is 12.1 Å². The van der Waals surface area contributed by atoms with Crippen LogP contribution in [-0.2, 0) is 21.2 Å². The monoisotopic (exact) mass is 374 g/mol. The molecular weight excluding hydrogens is 348 g/mol. The molecule has 1 saturated heterocycles. The van der Waals surface area contributed by atoms with Crippen LogP contribution in [0.3, 0.4) is 0 Å². The summed E-state index contributed by atoms with van der Waals surface area (Å²) in [6.45, 7) is 8.08. The smallest absolute Gasteiger partial charge is 0.252 e. The Morgan fingerprint density at radius 2 is 2.00 bits per heavy atom. The fraction of sp³-hybridized carbons (Fsp3) is 0.667. The summed E-state index contributed by atoms with van der Waals surface area (Å²) in [5, 5.41) is 0. The zero-order valence-corrected chi connectivity index (χ0v) is 15.9. The molecule has 136 valence electrons. The fourth-order valence-corrected chi connectivity index (χ4v) is 5.45. The van der Waals surface area contributed by atoms with Gasteiger partial charge in [0.15, 0.2) is 5.96 Å². The summed E-state index contributed by atoms with van der Waals surface area (Å²) in [5.41, 5.74) is 5.98.